The van der Waals surface area contributed by atoms with Gasteiger partial charge in [-0.2, -0.15) is 0 Å². The van der Waals surface area contributed by atoms with Crippen molar-refractivity contribution in [3.05, 3.63) is 58.6 Å². The van der Waals surface area contributed by atoms with Gasteiger partial charge in [-0.3, -0.25) is 4.79 Å². The molecule has 3 rings (SSSR count). The fraction of sp³-hybridized carbons (Fsp3) is 0.278. The van der Waals surface area contributed by atoms with Crippen LogP contribution in [0.3, 0.4) is 0 Å². The number of halogens is 1. The molecule has 0 atom stereocenters. The lowest BCUT2D eigenvalue weighted by Crippen LogP contribution is -2.41. The van der Waals surface area contributed by atoms with Crippen LogP contribution in [0, 0.1) is 0 Å². The molecular weight excluding hydrogens is 314 g/mol. The summed E-state index contributed by atoms with van der Waals surface area (Å²) in [6, 6.07) is 12.8. The summed E-state index contributed by atoms with van der Waals surface area (Å²) in [6.07, 6.45) is 1.07. The van der Waals surface area contributed by atoms with Crippen LogP contribution in [-0.2, 0) is 6.61 Å². The Morgan fingerprint density at radius 2 is 1.87 bits per heavy atom. The highest BCUT2D eigenvalue weighted by Crippen LogP contribution is 2.30. The monoisotopic (exact) mass is 331 g/mol. The number of carbonyl (C=O) groups excluding carboxylic acids is 1. The van der Waals surface area contributed by atoms with Crippen LogP contribution in [0.15, 0.2) is 42.5 Å². The van der Waals surface area contributed by atoms with Gasteiger partial charge in [0.15, 0.2) is 11.5 Å². The van der Waals surface area contributed by atoms with Crippen LogP contribution in [0.4, 0.5) is 0 Å². The fourth-order valence-corrected chi connectivity index (χ4v) is 2.49. The van der Waals surface area contributed by atoms with Gasteiger partial charge in [0, 0.05) is 23.7 Å². The first-order valence-electron chi connectivity index (χ1n) is 7.52. The van der Waals surface area contributed by atoms with Gasteiger partial charge in [0.25, 0.3) is 5.91 Å². The van der Waals surface area contributed by atoms with Gasteiger partial charge in [-0.05, 0) is 42.3 Å². The van der Waals surface area contributed by atoms with Gasteiger partial charge in [-0.15, -0.1) is 0 Å². The van der Waals surface area contributed by atoms with Crippen molar-refractivity contribution < 1.29 is 14.3 Å². The smallest absolute Gasteiger partial charge is 0.253 e. The van der Waals surface area contributed by atoms with Gasteiger partial charge in [0.2, 0.25) is 0 Å². The molecule has 1 fully saturated rings. The average Bonchev–Trinajstić information content (AvgIpc) is 2.52. The first kappa shape index (κ1) is 15.7. The molecule has 2 aromatic carbocycles. The van der Waals surface area contributed by atoms with E-state index < -0.39 is 0 Å². The van der Waals surface area contributed by atoms with Crippen LogP contribution in [0.1, 0.15) is 22.3 Å². The molecule has 1 heterocycles. The van der Waals surface area contributed by atoms with Gasteiger partial charge in [-0.1, -0.05) is 23.7 Å². The van der Waals surface area contributed by atoms with Crippen molar-refractivity contribution in [2.75, 3.05) is 20.2 Å². The summed E-state index contributed by atoms with van der Waals surface area (Å²) in [4.78, 5) is 14.1. The molecule has 0 aromatic heterocycles. The van der Waals surface area contributed by atoms with Crippen molar-refractivity contribution >= 4 is 17.5 Å². The SMILES string of the molecule is COc1cc(C(=O)N2CCC2)ccc1OCc1ccc(Cl)cc1. The number of nitrogens with zero attached hydrogens (tertiary/aromatic N) is 1. The molecule has 0 radical (unpaired) electrons. The Hall–Kier alpha value is -2.20. The van der Waals surface area contributed by atoms with E-state index >= 15 is 0 Å². The Labute approximate surface area is 140 Å². The van der Waals surface area contributed by atoms with E-state index in [1.54, 1.807) is 25.3 Å². The maximum Gasteiger partial charge on any atom is 0.253 e. The predicted octanol–water partition coefficient (Wildman–Crippen LogP) is 3.77. The van der Waals surface area contributed by atoms with Crippen LogP contribution in [0.5, 0.6) is 11.5 Å². The van der Waals surface area contributed by atoms with E-state index in [0.717, 1.165) is 25.1 Å². The Bertz CT molecular complexity index is 696. The number of rotatable bonds is 5. The number of methoxy groups -OCH3 is 1. The van der Waals surface area contributed by atoms with E-state index in [2.05, 4.69) is 0 Å². The highest BCUT2D eigenvalue weighted by molar-refractivity contribution is 6.30. The number of carbonyl (C=O) groups is 1. The van der Waals surface area contributed by atoms with Crippen molar-refractivity contribution in [3.8, 4) is 11.5 Å². The molecule has 1 aliphatic heterocycles. The van der Waals surface area contributed by atoms with Gasteiger partial charge >= 0.3 is 0 Å². The molecule has 120 valence electrons. The largest absolute Gasteiger partial charge is 0.493 e. The first-order chi connectivity index (χ1) is 11.2. The van der Waals surface area contributed by atoms with Crippen LogP contribution >= 0.6 is 11.6 Å². The highest BCUT2D eigenvalue weighted by Gasteiger charge is 2.22. The van der Waals surface area contributed by atoms with Crippen molar-refractivity contribution in [3.63, 3.8) is 0 Å². The van der Waals surface area contributed by atoms with E-state index in [1.165, 1.54) is 0 Å². The van der Waals surface area contributed by atoms with E-state index in [-0.39, 0.29) is 5.91 Å². The van der Waals surface area contributed by atoms with E-state index in [0.29, 0.717) is 28.7 Å². The normalized spacial score (nSPS) is 13.4. The fourth-order valence-electron chi connectivity index (χ4n) is 2.36. The molecular formula is C18H18ClNO3. The van der Waals surface area contributed by atoms with Gasteiger partial charge < -0.3 is 14.4 Å². The molecule has 1 saturated heterocycles. The van der Waals surface area contributed by atoms with E-state index in [9.17, 15) is 4.79 Å². The third-order valence-electron chi connectivity index (χ3n) is 3.86. The zero-order valence-corrected chi connectivity index (χ0v) is 13.7. The Morgan fingerprint density at radius 3 is 2.48 bits per heavy atom. The van der Waals surface area contributed by atoms with E-state index in [4.69, 9.17) is 21.1 Å². The van der Waals surface area contributed by atoms with Crippen molar-refractivity contribution in [2.45, 2.75) is 13.0 Å². The molecule has 0 aliphatic carbocycles. The second-order valence-corrected chi connectivity index (χ2v) is 5.86. The molecule has 0 bridgehead atoms. The van der Waals surface area contributed by atoms with Crippen LogP contribution in [-0.4, -0.2) is 31.0 Å². The third kappa shape index (κ3) is 3.59. The second kappa shape index (κ2) is 6.92. The molecule has 4 nitrogen and oxygen atoms in total. The summed E-state index contributed by atoms with van der Waals surface area (Å²) in [5.74, 6) is 1.21. The minimum atomic E-state index is 0.0406. The number of ether oxygens (including phenoxy) is 2. The van der Waals surface area contributed by atoms with Crippen LogP contribution in [0.25, 0.3) is 0 Å². The molecule has 1 aliphatic rings. The maximum absolute atomic E-state index is 12.2. The number of hydrogen-bond donors (Lipinski definition) is 0. The van der Waals surface area contributed by atoms with Crippen LogP contribution < -0.4 is 9.47 Å². The molecule has 2 aromatic rings. The molecule has 0 N–H and O–H groups in total. The molecule has 1 amide bonds. The van der Waals surface area contributed by atoms with Crippen molar-refractivity contribution in [1.82, 2.24) is 4.90 Å². The lowest BCUT2D eigenvalue weighted by Gasteiger charge is -2.31. The highest BCUT2D eigenvalue weighted by atomic mass is 35.5. The summed E-state index contributed by atoms with van der Waals surface area (Å²) in [7, 11) is 1.57. The summed E-state index contributed by atoms with van der Waals surface area (Å²) < 4.78 is 11.2. The second-order valence-electron chi connectivity index (χ2n) is 5.43. The molecule has 23 heavy (non-hydrogen) atoms. The summed E-state index contributed by atoms with van der Waals surface area (Å²) in [5.41, 5.74) is 1.64. The Balaban J connectivity index is 1.71. The Kier molecular flexibility index (Phi) is 4.72. The Morgan fingerprint density at radius 1 is 1.13 bits per heavy atom. The summed E-state index contributed by atoms with van der Waals surface area (Å²) in [6.45, 7) is 2.07. The van der Waals surface area contributed by atoms with Crippen molar-refractivity contribution in [1.29, 1.82) is 0 Å². The predicted molar refractivity (Wildman–Crippen MR) is 89.3 cm³/mol. The van der Waals surface area contributed by atoms with Gasteiger partial charge in [0.05, 0.1) is 7.11 Å². The number of benzene rings is 2. The van der Waals surface area contributed by atoms with E-state index in [1.807, 2.05) is 29.2 Å². The standard InChI is InChI=1S/C18H18ClNO3/c1-22-17-11-14(18(21)20-9-2-10-20)5-8-16(17)23-12-13-3-6-15(19)7-4-13/h3-8,11H,2,9-10,12H2,1H3. The molecule has 0 spiro atoms. The van der Waals surface area contributed by atoms with Gasteiger partial charge in [0.1, 0.15) is 6.61 Å². The average molecular weight is 332 g/mol. The zero-order chi connectivity index (χ0) is 16.2. The quantitative estimate of drug-likeness (QED) is 0.837. The minimum absolute atomic E-state index is 0.0406. The van der Waals surface area contributed by atoms with Gasteiger partial charge in [-0.25, -0.2) is 0 Å². The number of amides is 1. The number of likely N-dealkylation sites (tertiary alicyclic amines) is 1. The lowest BCUT2D eigenvalue weighted by atomic mass is 10.1. The molecule has 0 saturated carbocycles. The summed E-state index contributed by atoms with van der Waals surface area (Å²) >= 11 is 5.87. The first-order valence-corrected chi connectivity index (χ1v) is 7.90. The van der Waals surface area contributed by atoms with Crippen LogP contribution in [0.2, 0.25) is 5.02 Å². The summed E-state index contributed by atoms with van der Waals surface area (Å²) in [5, 5.41) is 0.695. The molecule has 5 heteroatoms. The third-order valence-corrected chi connectivity index (χ3v) is 4.11. The minimum Gasteiger partial charge on any atom is -0.493 e. The topological polar surface area (TPSA) is 38.8 Å². The zero-order valence-electron chi connectivity index (χ0n) is 12.9. The lowest BCUT2D eigenvalue weighted by molar-refractivity contribution is 0.0651. The molecule has 0 unspecified atom stereocenters. The maximum atomic E-state index is 12.2. The van der Waals surface area contributed by atoms with Crippen molar-refractivity contribution in [2.24, 2.45) is 0 Å². The number of hydrogen-bond acceptors (Lipinski definition) is 3.